The molecule has 2 rings (SSSR count). The van der Waals surface area contributed by atoms with E-state index in [1.807, 2.05) is 6.92 Å². The molecule has 7 heteroatoms. The minimum absolute atomic E-state index is 0.131. The first-order valence-corrected chi connectivity index (χ1v) is 7.28. The Balaban J connectivity index is 2.37. The molecule has 110 valence electrons. The number of thiophene rings is 1. The number of nitrogen functional groups attached to an aromatic ring is 1. The Morgan fingerprint density at radius 2 is 2.05 bits per heavy atom. The van der Waals surface area contributed by atoms with Gasteiger partial charge in [-0.05, 0) is 12.0 Å². The van der Waals surface area contributed by atoms with E-state index < -0.39 is 5.97 Å². The fourth-order valence-electron chi connectivity index (χ4n) is 2.24. The third kappa shape index (κ3) is 2.64. The third-order valence-electron chi connectivity index (χ3n) is 3.27. The second kappa shape index (κ2) is 6.23. The van der Waals surface area contributed by atoms with Gasteiger partial charge in [-0.1, -0.05) is 6.92 Å². The highest BCUT2D eigenvalue weighted by atomic mass is 32.1. The normalized spacial score (nSPS) is 15.2. The zero-order valence-electron chi connectivity index (χ0n) is 11.6. The summed E-state index contributed by atoms with van der Waals surface area (Å²) < 4.78 is 9.98. The molecule has 1 aliphatic heterocycles. The van der Waals surface area contributed by atoms with Gasteiger partial charge >= 0.3 is 5.97 Å². The number of hydrogen-bond acceptors (Lipinski definition) is 6. The SMILES string of the molecule is CCc1c(C(=O)OC)sc(N)c1C(=O)N1CCOCC1. The molecule has 1 amide bonds. The number of anilines is 1. The Labute approximate surface area is 121 Å². The lowest BCUT2D eigenvalue weighted by Crippen LogP contribution is -2.41. The number of morpholine rings is 1. The zero-order valence-corrected chi connectivity index (χ0v) is 12.4. The zero-order chi connectivity index (χ0) is 14.7. The van der Waals surface area contributed by atoms with Gasteiger partial charge in [0.25, 0.3) is 5.91 Å². The topological polar surface area (TPSA) is 81.9 Å². The molecule has 0 saturated carbocycles. The summed E-state index contributed by atoms with van der Waals surface area (Å²) in [5, 5.41) is 0.374. The average Bonchev–Trinajstić information content (AvgIpc) is 2.83. The van der Waals surface area contributed by atoms with Crippen LogP contribution in [0.1, 0.15) is 32.5 Å². The number of carbonyl (C=O) groups excluding carboxylic acids is 2. The second-order valence-corrected chi connectivity index (χ2v) is 5.45. The van der Waals surface area contributed by atoms with E-state index in [1.165, 1.54) is 7.11 Å². The van der Waals surface area contributed by atoms with Gasteiger partial charge in [-0.3, -0.25) is 4.79 Å². The van der Waals surface area contributed by atoms with Crippen LogP contribution in [-0.2, 0) is 15.9 Å². The summed E-state index contributed by atoms with van der Waals surface area (Å²) >= 11 is 1.12. The first-order chi connectivity index (χ1) is 9.60. The van der Waals surface area contributed by atoms with E-state index >= 15 is 0 Å². The monoisotopic (exact) mass is 298 g/mol. The van der Waals surface area contributed by atoms with Crippen molar-refractivity contribution in [3.63, 3.8) is 0 Å². The molecule has 20 heavy (non-hydrogen) atoms. The summed E-state index contributed by atoms with van der Waals surface area (Å²) in [4.78, 5) is 26.4. The highest BCUT2D eigenvalue weighted by Gasteiger charge is 2.28. The number of hydrogen-bond donors (Lipinski definition) is 1. The van der Waals surface area contributed by atoms with Crippen molar-refractivity contribution in [1.82, 2.24) is 4.90 Å². The van der Waals surface area contributed by atoms with Gasteiger partial charge in [-0.15, -0.1) is 11.3 Å². The number of methoxy groups -OCH3 is 1. The number of esters is 1. The van der Waals surface area contributed by atoms with Crippen molar-refractivity contribution in [3.8, 4) is 0 Å². The molecule has 0 atom stereocenters. The molecule has 1 saturated heterocycles. The van der Waals surface area contributed by atoms with Crippen LogP contribution < -0.4 is 5.73 Å². The maximum atomic E-state index is 12.6. The maximum absolute atomic E-state index is 12.6. The fraction of sp³-hybridized carbons (Fsp3) is 0.538. The molecule has 6 nitrogen and oxygen atoms in total. The van der Waals surface area contributed by atoms with Crippen LogP contribution in [0, 0.1) is 0 Å². The van der Waals surface area contributed by atoms with Gasteiger partial charge in [0.1, 0.15) is 4.88 Å². The predicted molar refractivity (Wildman–Crippen MR) is 76.2 cm³/mol. The van der Waals surface area contributed by atoms with Gasteiger partial charge in [-0.2, -0.15) is 0 Å². The van der Waals surface area contributed by atoms with Crippen LogP contribution in [-0.4, -0.2) is 50.2 Å². The van der Waals surface area contributed by atoms with Crippen molar-refractivity contribution in [3.05, 3.63) is 16.0 Å². The van der Waals surface area contributed by atoms with Crippen LogP contribution in [0.5, 0.6) is 0 Å². The fourth-order valence-corrected chi connectivity index (χ4v) is 3.31. The molecular weight excluding hydrogens is 280 g/mol. The third-order valence-corrected chi connectivity index (χ3v) is 4.31. The van der Waals surface area contributed by atoms with Crippen LogP contribution in [0.15, 0.2) is 0 Å². The Hall–Kier alpha value is -1.60. The Bertz CT molecular complexity index is 521. The van der Waals surface area contributed by atoms with E-state index in [9.17, 15) is 9.59 Å². The molecule has 2 heterocycles. The highest BCUT2D eigenvalue weighted by Crippen LogP contribution is 2.33. The second-order valence-electron chi connectivity index (χ2n) is 4.40. The van der Waals surface area contributed by atoms with Crippen LogP contribution >= 0.6 is 11.3 Å². The van der Waals surface area contributed by atoms with E-state index in [4.69, 9.17) is 15.2 Å². The number of ether oxygens (including phenoxy) is 2. The van der Waals surface area contributed by atoms with Gasteiger partial charge in [-0.25, -0.2) is 4.79 Å². The molecule has 1 fully saturated rings. The lowest BCUT2D eigenvalue weighted by molar-refractivity contribution is 0.0303. The molecule has 0 unspecified atom stereocenters. The molecule has 0 spiro atoms. The van der Waals surface area contributed by atoms with Gasteiger partial charge < -0.3 is 20.1 Å². The highest BCUT2D eigenvalue weighted by molar-refractivity contribution is 7.18. The molecule has 0 radical (unpaired) electrons. The average molecular weight is 298 g/mol. The minimum Gasteiger partial charge on any atom is -0.465 e. The summed E-state index contributed by atoms with van der Waals surface area (Å²) in [7, 11) is 1.32. The maximum Gasteiger partial charge on any atom is 0.348 e. The van der Waals surface area contributed by atoms with Gasteiger partial charge in [0.05, 0.1) is 30.9 Å². The first kappa shape index (κ1) is 14.8. The number of nitrogens with zero attached hydrogens (tertiary/aromatic N) is 1. The van der Waals surface area contributed by atoms with Gasteiger partial charge in [0.2, 0.25) is 0 Å². The molecule has 1 aliphatic rings. The molecule has 1 aromatic heterocycles. The summed E-state index contributed by atoms with van der Waals surface area (Å²) in [6, 6.07) is 0. The van der Waals surface area contributed by atoms with E-state index in [2.05, 4.69) is 0 Å². The summed E-state index contributed by atoms with van der Waals surface area (Å²) in [6.45, 7) is 4.04. The van der Waals surface area contributed by atoms with Gasteiger partial charge in [0, 0.05) is 13.1 Å². The molecule has 1 aromatic rings. The Morgan fingerprint density at radius 3 is 2.60 bits per heavy atom. The van der Waals surface area contributed by atoms with E-state index in [-0.39, 0.29) is 5.91 Å². The summed E-state index contributed by atoms with van der Waals surface area (Å²) in [6.07, 6.45) is 0.559. The number of amides is 1. The first-order valence-electron chi connectivity index (χ1n) is 6.46. The smallest absolute Gasteiger partial charge is 0.348 e. The quantitative estimate of drug-likeness (QED) is 0.847. The van der Waals surface area contributed by atoms with Crippen molar-refractivity contribution in [2.75, 3.05) is 39.1 Å². The standard InChI is InChI=1S/C13H18N2O4S/c1-3-8-9(11(14)20-10(8)13(17)18-2)12(16)15-4-6-19-7-5-15/h3-7,14H2,1-2H3. The van der Waals surface area contributed by atoms with Crippen molar-refractivity contribution in [2.24, 2.45) is 0 Å². The predicted octanol–water partition coefficient (Wildman–Crippen LogP) is 1.15. The minimum atomic E-state index is -0.445. The van der Waals surface area contributed by atoms with E-state index in [0.29, 0.717) is 53.7 Å². The number of rotatable bonds is 3. The van der Waals surface area contributed by atoms with E-state index in [0.717, 1.165) is 11.3 Å². The largest absolute Gasteiger partial charge is 0.465 e. The van der Waals surface area contributed by atoms with E-state index in [1.54, 1.807) is 4.90 Å². The summed E-state index contributed by atoms with van der Waals surface area (Å²) in [5.74, 6) is -0.575. The van der Waals surface area contributed by atoms with Crippen LogP contribution in [0.3, 0.4) is 0 Å². The molecule has 2 N–H and O–H groups in total. The molecule has 0 bridgehead atoms. The lowest BCUT2D eigenvalue weighted by atomic mass is 10.1. The van der Waals surface area contributed by atoms with Crippen molar-refractivity contribution in [1.29, 1.82) is 0 Å². The number of carbonyl (C=O) groups is 2. The van der Waals surface area contributed by atoms with Crippen molar-refractivity contribution < 1.29 is 19.1 Å². The molecular formula is C13H18N2O4S. The number of nitrogens with two attached hydrogens (primary N) is 1. The lowest BCUT2D eigenvalue weighted by Gasteiger charge is -2.27. The van der Waals surface area contributed by atoms with Crippen molar-refractivity contribution >= 4 is 28.2 Å². The summed E-state index contributed by atoms with van der Waals surface area (Å²) in [5.41, 5.74) is 7.07. The molecule has 0 aromatic carbocycles. The Morgan fingerprint density at radius 1 is 1.40 bits per heavy atom. The van der Waals surface area contributed by atoms with Gasteiger partial charge in [0.15, 0.2) is 0 Å². The van der Waals surface area contributed by atoms with Crippen LogP contribution in [0.4, 0.5) is 5.00 Å². The Kier molecular flexibility index (Phi) is 4.61. The van der Waals surface area contributed by atoms with Crippen LogP contribution in [0.25, 0.3) is 0 Å². The molecule has 0 aliphatic carbocycles. The van der Waals surface area contributed by atoms with Crippen molar-refractivity contribution in [2.45, 2.75) is 13.3 Å². The van der Waals surface area contributed by atoms with Crippen LogP contribution in [0.2, 0.25) is 0 Å².